The molecule has 0 aromatic carbocycles. The Hall–Kier alpha value is -0.660. The first-order valence-corrected chi connectivity index (χ1v) is 2.73. The van der Waals surface area contributed by atoms with E-state index in [0.717, 1.165) is 6.08 Å². The summed E-state index contributed by atoms with van der Waals surface area (Å²) >= 11 is 0. The van der Waals surface area contributed by atoms with E-state index in [0.29, 0.717) is 5.92 Å². The molecular weight excluding hydrogens is 122 g/mol. The van der Waals surface area contributed by atoms with Gasteiger partial charge in [-0.05, 0) is 6.08 Å². The number of hydrogen-bond donors (Lipinski definition) is 0. The van der Waals surface area contributed by atoms with Gasteiger partial charge >= 0.3 is 0 Å². The Labute approximate surface area is 52.9 Å². The summed E-state index contributed by atoms with van der Waals surface area (Å²) in [5, 5.41) is 0. The standard InChI is InChI=1S/C7H7F2/c1-5-3-2-4-6(8)7(5)9/h2-4,7H,1H3. The summed E-state index contributed by atoms with van der Waals surface area (Å²) in [6, 6.07) is 0. The summed E-state index contributed by atoms with van der Waals surface area (Å²) in [5.74, 6) is -0.273. The fraction of sp³-hybridized carbons (Fsp3) is 0.286. The molecule has 0 N–H and O–H groups in total. The molecule has 1 unspecified atom stereocenters. The molecule has 9 heavy (non-hydrogen) atoms. The third kappa shape index (κ3) is 1.18. The predicted octanol–water partition coefficient (Wildman–Crippen LogP) is 2.34. The molecule has 1 aliphatic carbocycles. The SMILES string of the molecule is C[C]1C=CC=C(F)C1F. The maximum absolute atomic E-state index is 12.4. The summed E-state index contributed by atoms with van der Waals surface area (Å²) in [5.41, 5.74) is 0. The Balaban J connectivity index is 2.73. The van der Waals surface area contributed by atoms with Gasteiger partial charge in [0.25, 0.3) is 0 Å². The number of alkyl halides is 1. The molecule has 1 rings (SSSR count). The largest absolute Gasteiger partial charge is 0.239 e. The van der Waals surface area contributed by atoms with Gasteiger partial charge in [0, 0.05) is 5.92 Å². The highest BCUT2D eigenvalue weighted by Gasteiger charge is 2.21. The zero-order valence-electron chi connectivity index (χ0n) is 5.07. The van der Waals surface area contributed by atoms with Crippen LogP contribution < -0.4 is 0 Å². The highest BCUT2D eigenvalue weighted by Crippen LogP contribution is 2.24. The van der Waals surface area contributed by atoms with Gasteiger partial charge in [-0.25, -0.2) is 8.78 Å². The minimum Gasteiger partial charge on any atom is -0.239 e. The van der Waals surface area contributed by atoms with E-state index < -0.39 is 12.0 Å². The van der Waals surface area contributed by atoms with Crippen molar-refractivity contribution >= 4 is 0 Å². The molecular formula is C7H7F2. The van der Waals surface area contributed by atoms with Crippen molar-refractivity contribution < 1.29 is 8.78 Å². The molecule has 0 aromatic rings. The number of halogens is 2. The van der Waals surface area contributed by atoms with Crippen LogP contribution in [0.3, 0.4) is 0 Å². The molecule has 1 aliphatic rings. The van der Waals surface area contributed by atoms with Gasteiger partial charge in [0.2, 0.25) is 0 Å². The van der Waals surface area contributed by atoms with Gasteiger partial charge in [0.15, 0.2) is 6.17 Å². The number of rotatable bonds is 0. The van der Waals surface area contributed by atoms with Crippen molar-refractivity contribution in [1.82, 2.24) is 0 Å². The normalized spacial score (nSPS) is 28.3. The van der Waals surface area contributed by atoms with Crippen molar-refractivity contribution in [1.29, 1.82) is 0 Å². The van der Waals surface area contributed by atoms with E-state index in [1.165, 1.54) is 6.08 Å². The van der Waals surface area contributed by atoms with E-state index in [4.69, 9.17) is 0 Å². The average Bonchev–Trinajstić information content (AvgIpc) is 1.83. The van der Waals surface area contributed by atoms with Crippen LogP contribution in [0, 0.1) is 5.92 Å². The minimum atomic E-state index is -1.50. The zero-order valence-corrected chi connectivity index (χ0v) is 5.07. The Morgan fingerprint density at radius 3 is 2.67 bits per heavy atom. The summed E-state index contributed by atoms with van der Waals surface area (Å²) in [6.07, 6.45) is 2.70. The van der Waals surface area contributed by atoms with Crippen molar-refractivity contribution in [2.45, 2.75) is 13.1 Å². The Morgan fingerprint density at radius 1 is 1.56 bits per heavy atom. The maximum Gasteiger partial charge on any atom is 0.161 e. The first-order chi connectivity index (χ1) is 4.22. The van der Waals surface area contributed by atoms with Crippen LogP contribution >= 0.6 is 0 Å². The zero-order chi connectivity index (χ0) is 6.85. The molecule has 0 amide bonds. The van der Waals surface area contributed by atoms with Crippen molar-refractivity contribution in [2.75, 3.05) is 0 Å². The van der Waals surface area contributed by atoms with E-state index in [-0.39, 0.29) is 0 Å². The van der Waals surface area contributed by atoms with Gasteiger partial charge in [0.1, 0.15) is 5.83 Å². The average molecular weight is 129 g/mol. The highest BCUT2D eigenvalue weighted by molar-refractivity contribution is 5.30. The minimum absolute atomic E-state index is 0.426. The smallest absolute Gasteiger partial charge is 0.161 e. The first-order valence-electron chi connectivity index (χ1n) is 2.73. The van der Waals surface area contributed by atoms with Gasteiger partial charge in [0.05, 0.1) is 0 Å². The molecule has 0 bridgehead atoms. The van der Waals surface area contributed by atoms with Crippen LogP contribution in [-0.4, -0.2) is 6.17 Å². The van der Waals surface area contributed by atoms with Gasteiger partial charge in [-0.3, -0.25) is 0 Å². The second-order valence-corrected chi connectivity index (χ2v) is 2.02. The van der Waals surface area contributed by atoms with E-state index in [1.807, 2.05) is 0 Å². The molecule has 49 valence electrons. The van der Waals surface area contributed by atoms with Crippen molar-refractivity contribution in [3.05, 3.63) is 30.0 Å². The lowest BCUT2D eigenvalue weighted by Gasteiger charge is -2.12. The van der Waals surface area contributed by atoms with Crippen molar-refractivity contribution in [3.8, 4) is 0 Å². The van der Waals surface area contributed by atoms with Gasteiger partial charge in [-0.15, -0.1) is 0 Å². The van der Waals surface area contributed by atoms with Crippen molar-refractivity contribution in [2.24, 2.45) is 0 Å². The van der Waals surface area contributed by atoms with Crippen molar-refractivity contribution in [3.63, 3.8) is 0 Å². The van der Waals surface area contributed by atoms with E-state index >= 15 is 0 Å². The lowest BCUT2D eigenvalue weighted by Crippen LogP contribution is -2.10. The molecule has 0 nitrogen and oxygen atoms in total. The molecule has 1 radical (unpaired) electrons. The van der Waals surface area contributed by atoms with E-state index in [1.54, 1.807) is 13.0 Å². The number of allylic oxidation sites excluding steroid dienone is 4. The fourth-order valence-corrected chi connectivity index (χ4v) is 0.678. The molecule has 0 spiro atoms. The molecule has 2 heteroatoms. The Bertz CT molecular complexity index is 158. The molecule has 0 fully saturated rings. The predicted molar refractivity (Wildman–Crippen MR) is 32.1 cm³/mol. The number of hydrogen-bond acceptors (Lipinski definition) is 0. The topological polar surface area (TPSA) is 0 Å². The molecule has 0 saturated carbocycles. The molecule has 0 heterocycles. The maximum atomic E-state index is 12.4. The second kappa shape index (κ2) is 2.29. The third-order valence-corrected chi connectivity index (χ3v) is 1.26. The van der Waals surface area contributed by atoms with Crippen LogP contribution in [0.15, 0.2) is 24.1 Å². The lowest BCUT2D eigenvalue weighted by atomic mass is 10.0. The summed E-state index contributed by atoms with van der Waals surface area (Å²) in [6.45, 7) is 1.56. The first kappa shape index (κ1) is 6.46. The van der Waals surface area contributed by atoms with Crippen LogP contribution in [0.1, 0.15) is 6.92 Å². The van der Waals surface area contributed by atoms with Crippen LogP contribution in [0.4, 0.5) is 8.78 Å². The van der Waals surface area contributed by atoms with Gasteiger partial charge < -0.3 is 0 Å². The summed E-state index contributed by atoms with van der Waals surface area (Å²) in [7, 11) is 0. The Morgan fingerprint density at radius 2 is 2.22 bits per heavy atom. The second-order valence-electron chi connectivity index (χ2n) is 2.02. The van der Waals surface area contributed by atoms with Gasteiger partial charge in [-0.2, -0.15) is 0 Å². The lowest BCUT2D eigenvalue weighted by molar-refractivity contribution is 0.344. The highest BCUT2D eigenvalue weighted by atomic mass is 19.2. The molecule has 0 aliphatic heterocycles. The molecule has 0 saturated heterocycles. The fourth-order valence-electron chi connectivity index (χ4n) is 0.678. The monoisotopic (exact) mass is 129 g/mol. The van der Waals surface area contributed by atoms with E-state index in [9.17, 15) is 8.78 Å². The Kier molecular flexibility index (Phi) is 1.65. The third-order valence-electron chi connectivity index (χ3n) is 1.26. The summed E-state index contributed by atoms with van der Waals surface area (Å²) in [4.78, 5) is 0. The van der Waals surface area contributed by atoms with Crippen LogP contribution in [-0.2, 0) is 0 Å². The summed E-state index contributed by atoms with van der Waals surface area (Å²) < 4.78 is 24.7. The molecule has 1 atom stereocenters. The van der Waals surface area contributed by atoms with Gasteiger partial charge in [-0.1, -0.05) is 19.1 Å². The van der Waals surface area contributed by atoms with Crippen LogP contribution in [0.25, 0.3) is 0 Å². The molecule has 0 aromatic heterocycles. The van der Waals surface area contributed by atoms with Crippen LogP contribution in [0.2, 0.25) is 0 Å². The van der Waals surface area contributed by atoms with Crippen LogP contribution in [0.5, 0.6) is 0 Å². The quantitative estimate of drug-likeness (QED) is 0.471. The van der Waals surface area contributed by atoms with E-state index in [2.05, 4.69) is 0 Å².